The fourth-order valence-electron chi connectivity index (χ4n) is 4.41. The molecule has 3 amide bonds. The molecule has 2 aliphatic heterocycles. The van der Waals surface area contributed by atoms with Crippen LogP contribution in [0, 0.1) is 5.92 Å². The second-order valence-corrected chi connectivity index (χ2v) is 8.76. The number of hydrogen-bond acceptors (Lipinski definition) is 4. The van der Waals surface area contributed by atoms with E-state index in [0.717, 1.165) is 6.20 Å². The number of fused-ring (bicyclic) bond motifs is 1. The molecule has 0 spiro atoms. The number of rotatable bonds is 5. The second kappa shape index (κ2) is 8.53. The highest BCUT2D eigenvalue weighted by Gasteiger charge is 2.47. The average molecular weight is 463 g/mol. The molecule has 2 saturated heterocycles. The zero-order valence-corrected chi connectivity index (χ0v) is 18.1. The van der Waals surface area contributed by atoms with E-state index in [4.69, 9.17) is 0 Å². The first-order chi connectivity index (χ1) is 15.6. The molecular formula is C22H24F3N5O3. The number of carbonyl (C=O) groups excluding carboxylic acids is 3. The van der Waals surface area contributed by atoms with Crippen molar-refractivity contribution in [3.63, 3.8) is 0 Å². The van der Waals surface area contributed by atoms with E-state index in [9.17, 15) is 27.6 Å². The second-order valence-electron chi connectivity index (χ2n) is 8.76. The van der Waals surface area contributed by atoms with E-state index in [2.05, 4.69) is 15.7 Å². The lowest BCUT2D eigenvalue weighted by molar-refractivity contribution is -0.147. The highest BCUT2D eigenvalue weighted by atomic mass is 19.4. The van der Waals surface area contributed by atoms with Crippen LogP contribution in [-0.2, 0) is 15.8 Å². The third-order valence-corrected chi connectivity index (χ3v) is 5.83. The fourth-order valence-corrected chi connectivity index (χ4v) is 4.41. The maximum absolute atomic E-state index is 13.8. The molecule has 0 aliphatic carbocycles. The number of halogens is 3. The van der Waals surface area contributed by atoms with Crippen LogP contribution in [-0.4, -0.2) is 57.1 Å². The number of piperazine rings is 1. The maximum Gasteiger partial charge on any atom is 0.434 e. The van der Waals surface area contributed by atoms with Gasteiger partial charge in [0.2, 0.25) is 11.8 Å². The number of nitrogens with zero attached hydrogens (tertiary/aromatic N) is 3. The minimum Gasteiger partial charge on any atom is -0.347 e. The third-order valence-electron chi connectivity index (χ3n) is 5.83. The number of nitrogens with one attached hydrogen (secondary N) is 2. The fraction of sp³-hybridized carbons (Fsp3) is 0.455. The normalized spacial score (nSPS) is 23.0. The molecular weight excluding hydrogens is 439 g/mol. The molecule has 4 rings (SSSR count). The molecule has 0 unspecified atom stereocenters. The number of aromatic nitrogens is 2. The minimum absolute atomic E-state index is 0.0609. The van der Waals surface area contributed by atoms with Crippen LogP contribution in [0.2, 0.25) is 0 Å². The Morgan fingerprint density at radius 2 is 1.94 bits per heavy atom. The van der Waals surface area contributed by atoms with Crippen molar-refractivity contribution >= 4 is 17.7 Å². The number of para-hydroxylation sites is 1. The third kappa shape index (κ3) is 4.44. The van der Waals surface area contributed by atoms with Crippen molar-refractivity contribution in [3.8, 4) is 5.69 Å². The van der Waals surface area contributed by atoms with E-state index in [-0.39, 0.29) is 36.4 Å². The van der Waals surface area contributed by atoms with Crippen LogP contribution in [0.1, 0.15) is 42.7 Å². The van der Waals surface area contributed by atoms with Gasteiger partial charge >= 0.3 is 6.18 Å². The molecule has 0 saturated carbocycles. The van der Waals surface area contributed by atoms with Gasteiger partial charge in [-0.1, -0.05) is 32.0 Å². The lowest BCUT2D eigenvalue weighted by Crippen LogP contribution is -2.61. The predicted octanol–water partition coefficient (Wildman–Crippen LogP) is 2.13. The van der Waals surface area contributed by atoms with Crippen molar-refractivity contribution in [2.24, 2.45) is 5.92 Å². The SMILES string of the molecule is CC(C)C[C@H]1NC(=O)[C@@H]2C[C@H](NC(=O)c3cnn(-c4ccccc4)c3C(F)(F)F)CN2C1=O. The summed E-state index contributed by atoms with van der Waals surface area (Å²) in [5.41, 5.74) is -1.64. The molecule has 0 bridgehead atoms. The molecule has 2 N–H and O–H groups in total. The molecule has 8 nitrogen and oxygen atoms in total. The van der Waals surface area contributed by atoms with Crippen molar-refractivity contribution < 1.29 is 27.6 Å². The largest absolute Gasteiger partial charge is 0.434 e. The number of alkyl halides is 3. The molecule has 1 aromatic heterocycles. The Morgan fingerprint density at radius 3 is 2.58 bits per heavy atom. The van der Waals surface area contributed by atoms with Crippen molar-refractivity contribution in [2.45, 2.75) is 51.0 Å². The first-order valence-electron chi connectivity index (χ1n) is 10.7. The minimum atomic E-state index is -4.83. The topological polar surface area (TPSA) is 96.3 Å². The van der Waals surface area contributed by atoms with Gasteiger partial charge in [0.05, 0.1) is 17.4 Å². The van der Waals surface area contributed by atoms with Crippen LogP contribution in [0.25, 0.3) is 5.69 Å². The Hall–Kier alpha value is -3.37. The van der Waals surface area contributed by atoms with Crippen LogP contribution in [0.4, 0.5) is 13.2 Å². The van der Waals surface area contributed by atoms with E-state index in [1.165, 1.54) is 17.0 Å². The molecule has 2 aliphatic rings. The van der Waals surface area contributed by atoms with Gasteiger partial charge < -0.3 is 15.5 Å². The van der Waals surface area contributed by atoms with Crippen molar-refractivity contribution in [3.05, 3.63) is 47.8 Å². The van der Waals surface area contributed by atoms with E-state index < -0.39 is 41.5 Å². The first kappa shape index (κ1) is 22.8. The summed E-state index contributed by atoms with van der Waals surface area (Å²) in [4.78, 5) is 39.5. The van der Waals surface area contributed by atoms with Gasteiger partial charge in [0.1, 0.15) is 12.1 Å². The van der Waals surface area contributed by atoms with E-state index >= 15 is 0 Å². The van der Waals surface area contributed by atoms with Gasteiger partial charge in [-0.2, -0.15) is 18.3 Å². The standard InChI is InChI=1S/C22H24F3N5O3/c1-12(2)8-16-21(33)29-11-13(9-17(29)20(32)28-16)27-19(31)15-10-26-30(18(15)22(23,24)25)14-6-4-3-5-7-14/h3-7,10,12-13,16-17H,8-9,11H2,1-2H3,(H,27,31)(H,28,32)/t13-,16+,17-/m0/s1. The van der Waals surface area contributed by atoms with Crippen LogP contribution in [0.5, 0.6) is 0 Å². The molecule has 3 heterocycles. The van der Waals surface area contributed by atoms with Gasteiger partial charge in [-0.15, -0.1) is 0 Å². The van der Waals surface area contributed by atoms with Crippen molar-refractivity contribution in [1.29, 1.82) is 0 Å². The van der Waals surface area contributed by atoms with Crippen molar-refractivity contribution in [2.75, 3.05) is 6.54 Å². The van der Waals surface area contributed by atoms with Crippen molar-refractivity contribution in [1.82, 2.24) is 25.3 Å². The van der Waals surface area contributed by atoms with Gasteiger partial charge in [-0.05, 0) is 30.9 Å². The molecule has 11 heteroatoms. The zero-order valence-electron chi connectivity index (χ0n) is 18.1. The number of carbonyl (C=O) groups is 3. The van der Waals surface area contributed by atoms with Gasteiger partial charge in [-0.25, -0.2) is 4.68 Å². The highest BCUT2D eigenvalue weighted by Crippen LogP contribution is 2.34. The van der Waals surface area contributed by atoms with Crippen LogP contribution < -0.4 is 10.6 Å². The summed E-state index contributed by atoms with van der Waals surface area (Å²) in [6.45, 7) is 3.93. The summed E-state index contributed by atoms with van der Waals surface area (Å²) in [5, 5.41) is 9.07. The summed E-state index contributed by atoms with van der Waals surface area (Å²) in [6, 6.07) is 5.67. The van der Waals surface area contributed by atoms with E-state index in [1.807, 2.05) is 13.8 Å². The Morgan fingerprint density at radius 1 is 1.24 bits per heavy atom. The van der Waals surface area contributed by atoms with Gasteiger partial charge in [0.15, 0.2) is 5.69 Å². The Bertz CT molecular complexity index is 1070. The molecule has 2 fully saturated rings. The van der Waals surface area contributed by atoms with Gasteiger partial charge in [0.25, 0.3) is 5.91 Å². The zero-order chi connectivity index (χ0) is 23.9. The van der Waals surface area contributed by atoms with Crippen LogP contribution in [0.15, 0.2) is 36.5 Å². The summed E-state index contributed by atoms with van der Waals surface area (Å²) in [5.74, 6) is -1.32. The maximum atomic E-state index is 13.8. The molecule has 176 valence electrons. The first-order valence-corrected chi connectivity index (χ1v) is 10.7. The summed E-state index contributed by atoms with van der Waals surface area (Å²) >= 11 is 0. The predicted molar refractivity (Wildman–Crippen MR) is 111 cm³/mol. The van der Waals surface area contributed by atoms with E-state index in [0.29, 0.717) is 11.1 Å². The van der Waals surface area contributed by atoms with Gasteiger partial charge in [0, 0.05) is 12.6 Å². The Balaban J connectivity index is 1.54. The van der Waals surface area contributed by atoms with Crippen LogP contribution >= 0.6 is 0 Å². The molecule has 0 radical (unpaired) electrons. The molecule has 33 heavy (non-hydrogen) atoms. The highest BCUT2D eigenvalue weighted by molar-refractivity contribution is 5.98. The smallest absolute Gasteiger partial charge is 0.347 e. The Kier molecular flexibility index (Phi) is 5.89. The summed E-state index contributed by atoms with van der Waals surface area (Å²) in [7, 11) is 0. The van der Waals surface area contributed by atoms with E-state index in [1.54, 1.807) is 18.2 Å². The average Bonchev–Trinajstić information content (AvgIpc) is 3.37. The number of amides is 3. The Labute approximate surface area is 188 Å². The number of hydrogen-bond donors (Lipinski definition) is 2. The summed E-state index contributed by atoms with van der Waals surface area (Å²) < 4.78 is 42.2. The lowest BCUT2D eigenvalue weighted by Gasteiger charge is -2.35. The lowest BCUT2D eigenvalue weighted by atomic mass is 9.99. The quantitative estimate of drug-likeness (QED) is 0.710. The van der Waals surface area contributed by atoms with Gasteiger partial charge in [-0.3, -0.25) is 14.4 Å². The molecule has 2 aromatic rings. The monoisotopic (exact) mass is 463 g/mol. The molecule has 3 atom stereocenters. The summed E-state index contributed by atoms with van der Waals surface area (Å²) in [6.07, 6.45) is -3.33. The molecule has 1 aromatic carbocycles. The number of benzene rings is 1. The van der Waals surface area contributed by atoms with Crippen LogP contribution in [0.3, 0.4) is 0 Å².